The molecule has 0 spiro atoms. The van der Waals surface area contributed by atoms with E-state index < -0.39 is 0 Å². The Morgan fingerprint density at radius 2 is 1.91 bits per heavy atom. The van der Waals surface area contributed by atoms with Crippen molar-refractivity contribution in [2.75, 3.05) is 36.8 Å². The lowest BCUT2D eigenvalue weighted by Gasteiger charge is -2.36. The molecule has 1 amide bonds. The molecular weight excluding hydrogens is 300 g/mol. The molecule has 22 heavy (non-hydrogen) atoms. The van der Waals surface area contributed by atoms with Gasteiger partial charge in [-0.05, 0) is 30.3 Å². The largest absolute Gasteiger partial charge is 0.384 e. The van der Waals surface area contributed by atoms with Gasteiger partial charge in [-0.3, -0.25) is 4.79 Å². The van der Waals surface area contributed by atoms with E-state index in [4.69, 9.17) is 17.3 Å². The number of carbonyl (C=O) groups excluding carboxylic acids is 1. The van der Waals surface area contributed by atoms with Crippen LogP contribution in [0.5, 0.6) is 0 Å². The van der Waals surface area contributed by atoms with Crippen molar-refractivity contribution in [3.05, 3.63) is 53.2 Å². The van der Waals surface area contributed by atoms with Crippen LogP contribution in [0.1, 0.15) is 10.4 Å². The van der Waals surface area contributed by atoms with Gasteiger partial charge in [-0.2, -0.15) is 0 Å². The molecule has 1 aliphatic heterocycles. The SMILES string of the molecule is Nc1ccc(C(=O)N2CCN(c3cccc(Cl)c3)CC2)cn1. The molecule has 0 radical (unpaired) electrons. The molecular formula is C16H17ClN4O. The summed E-state index contributed by atoms with van der Waals surface area (Å²) in [5.74, 6) is 0.417. The van der Waals surface area contributed by atoms with E-state index in [1.807, 2.05) is 29.2 Å². The zero-order valence-corrected chi connectivity index (χ0v) is 12.8. The van der Waals surface area contributed by atoms with Crippen molar-refractivity contribution in [3.8, 4) is 0 Å². The first-order valence-corrected chi connectivity index (χ1v) is 7.52. The second-order valence-electron chi connectivity index (χ2n) is 5.23. The van der Waals surface area contributed by atoms with E-state index in [0.717, 1.165) is 23.8 Å². The van der Waals surface area contributed by atoms with E-state index in [-0.39, 0.29) is 5.91 Å². The zero-order chi connectivity index (χ0) is 15.5. The molecule has 0 bridgehead atoms. The third-order valence-electron chi connectivity index (χ3n) is 3.77. The van der Waals surface area contributed by atoms with E-state index in [1.165, 1.54) is 6.20 Å². The number of hydrogen-bond donors (Lipinski definition) is 1. The molecule has 1 fully saturated rings. The summed E-state index contributed by atoms with van der Waals surface area (Å²) in [6, 6.07) is 11.1. The Hall–Kier alpha value is -2.27. The smallest absolute Gasteiger partial charge is 0.255 e. The van der Waals surface area contributed by atoms with Gasteiger partial charge in [-0.25, -0.2) is 4.98 Å². The van der Waals surface area contributed by atoms with Crippen LogP contribution in [-0.4, -0.2) is 42.0 Å². The van der Waals surface area contributed by atoms with Gasteiger partial charge in [0.05, 0.1) is 5.56 Å². The minimum atomic E-state index is -0.00163. The maximum absolute atomic E-state index is 12.4. The molecule has 1 aromatic heterocycles. The Balaban J connectivity index is 1.64. The molecule has 5 nitrogen and oxygen atoms in total. The molecule has 0 saturated carbocycles. The fourth-order valence-electron chi connectivity index (χ4n) is 2.55. The standard InChI is InChI=1S/C16H17ClN4O/c17-13-2-1-3-14(10-13)20-6-8-21(9-7-20)16(22)12-4-5-15(18)19-11-12/h1-5,10-11H,6-9H2,(H2,18,19). The van der Waals surface area contributed by atoms with Gasteiger partial charge in [0.2, 0.25) is 0 Å². The fraction of sp³-hybridized carbons (Fsp3) is 0.250. The number of nitrogens with two attached hydrogens (primary N) is 1. The first-order valence-electron chi connectivity index (χ1n) is 7.15. The van der Waals surface area contributed by atoms with E-state index in [2.05, 4.69) is 9.88 Å². The first-order chi connectivity index (χ1) is 10.6. The summed E-state index contributed by atoms with van der Waals surface area (Å²) < 4.78 is 0. The van der Waals surface area contributed by atoms with Crippen LogP contribution in [0.4, 0.5) is 11.5 Å². The van der Waals surface area contributed by atoms with E-state index in [9.17, 15) is 4.79 Å². The summed E-state index contributed by atoms with van der Waals surface area (Å²) in [5, 5.41) is 0.726. The third-order valence-corrected chi connectivity index (χ3v) is 4.01. The lowest BCUT2D eigenvalue weighted by atomic mass is 10.2. The molecule has 0 atom stereocenters. The van der Waals surface area contributed by atoms with Gasteiger partial charge in [0.1, 0.15) is 5.82 Å². The molecule has 2 aromatic rings. The number of anilines is 2. The normalized spacial score (nSPS) is 15.0. The van der Waals surface area contributed by atoms with Gasteiger partial charge in [0.25, 0.3) is 5.91 Å². The van der Waals surface area contributed by atoms with Crippen molar-refractivity contribution in [2.45, 2.75) is 0 Å². The Kier molecular flexibility index (Phi) is 4.15. The second-order valence-corrected chi connectivity index (χ2v) is 5.67. The van der Waals surface area contributed by atoms with Crippen molar-refractivity contribution in [3.63, 3.8) is 0 Å². The Morgan fingerprint density at radius 1 is 1.14 bits per heavy atom. The van der Waals surface area contributed by atoms with Crippen molar-refractivity contribution in [1.82, 2.24) is 9.88 Å². The molecule has 0 aliphatic carbocycles. The average molecular weight is 317 g/mol. The zero-order valence-electron chi connectivity index (χ0n) is 12.1. The van der Waals surface area contributed by atoms with E-state index >= 15 is 0 Å². The van der Waals surface area contributed by atoms with Crippen LogP contribution in [0.15, 0.2) is 42.6 Å². The number of hydrogen-bond acceptors (Lipinski definition) is 4. The van der Waals surface area contributed by atoms with Crippen LogP contribution in [-0.2, 0) is 0 Å². The Labute approximate surface area is 134 Å². The van der Waals surface area contributed by atoms with Crippen molar-refractivity contribution >= 4 is 29.0 Å². The molecule has 1 saturated heterocycles. The lowest BCUT2D eigenvalue weighted by molar-refractivity contribution is 0.0746. The summed E-state index contributed by atoms with van der Waals surface area (Å²) >= 11 is 6.03. The third kappa shape index (κ3) is 3.14. The predicted molar refractivity (Wildman–Crippen MR) is 88.2 cm³/mol. The van der Waals surface area contributed by atoms with Crippen LogP contribution in [0.3, 0.4) is 0 Å². The summed E-state index contributed by atoms with van der Waals surface area (Å²) in [5.41, 5.74) is 7.21. The highest BCUT2D eigenvalue weighted by molar-refractivity contribution is 6.30. The van der Waals surface area contributed by atoms with Gasteiger partial charge >= 0.3 is 0 Å². The molecule has 1 aromatic carbocycles. The van der Waals surface area contributed by atoms with Gasteiger partial charge in [-0.1, -0.05) is 17.7 Å². The molecule has 0 unspecified atom stereocenters. The van der Waals surface area contributed by atoms with Gasteiger partial charge in [-0.15, -0.1) is 0 Å². The number of piperazine rings is 1. The summed E-state index contributed by atoms with van der Waals surface area (Å²) in [4.78, 5) is 20.5. The first kappa shape index (κ1) is 14.7. The van der Waals surface area contributed by atoms with Crippen LogP contribution in [0, 0.1) is 0 Å². The lowest BCUT2D eigenvalue weighted by Crippen LogP contribution is -2.48. The maximum atomic E-state index is 12.4. The number of rotatable bonds is 2. The quantitative estimate of drug-likeness (QED) is 0.923. The summed E-state index contributed by atoms with van der Waals surface area (Å²) in [6.07, 6.45) is 1.53. The molecule has 114 valence electrons. The summed E-state index contributed by atoms with van der Waals surface area (Å²) in [7, 11) is 0. The topological polar surface area (TPSA) is 62.5 Å². The highest BCUT2D eigenvalue weighted by Crippen LogP contribution is 2.21. The number of benzene rings is 1. The maximum Gasteiger partial charge on any atom is 0.255 e. The number of nitrogens with zero attached hydrogens (tertiary/aromatic N) is 3. The van der Waals surface area contributed by atoms with E-state index in [0.29, 0.717) is 24.5 Å². The Bertz CT molecular complexity index is 666. The number of amides is 1. The van der Waals surface area contributed by atoms with Crippen molar-refractivity contribution in [1.29, 1.82) is 0 Å². The number of pyridine rings is 1. The number of nitrogen functional groups attached to an aromatic ring is 1. The van der Waals surface area contributed by atoms with Gasteiger partial charge < -0.3 is 15.5 Å². The fourth-order valence-corrected chi connectivity index (χ4v) is 2.74. The number of carbonyl (C=O) groups is 1. The summed E-state index contributed by atoms with van der Waals surface area (Å²) in [6.45, 7) is 2.93. The number of halogens is 1. The molecule has 2 N–H and O–H groups in total. The van der Waals surface area contributed by atoms with Crippen LogP contribution in [0.25, 0.3) is 0 Å². The molecule has 2 heterocycles. The van der Waals surface area contributed by atoms with Crippen molar-refractivity contribution in [2.24, 2.45) is 0 Å². The minimum absolute atomic E-state index is 0.00163. The van der Waals surface area contributed by atoms with Gasteiger partial charge in [0.15, 0.2) is 0 Å². The van der Waals surface area contributed by atoms with Gasteiger partial charge in [0, 0.05) is 43.1 Å². The number of aromatic nitrogens is 1. The van der Waals surface area contributed by atoms with Crippen LogP contribution >= 0.6 is 11.6 Å². The molecule has 3 rings (SSSR count). The highest BCUT2D eigenvalue weighted by atomic mass is 35.5. The van der Waals surface area contributed by atoms with Crippen molar-refractivity contribution < 1.29 is 4.79 Å². The monoisotopic (exact) mass is 316 g/mol. The molecule has 1 aliphatic rings. The van der Waals surface area contributed by atoms with Crippen LogP contribution < -0.4 is 10.6 Å². The molecule has 6 heteroatoms. The minimum Gasteiger partial charge on any atom is -0.384 e. The van der Waals surface area contributed by atoms with E-state index in [1.54, 1.807) is 12.1 Å². The second kappa shape index (κ2) is 6.23. The Morgan fingerprint density at radius 3 is 2.55 bits per heavy atom. The highest BCUT2D eigenvalue weighted by Gasteiger charge is 2.22. The predicted octanol–water partition coefficient (Wildman–Crippen LogP) is 2.28. The average Bonchev–Trinajstić information content (AvgIpc) is 2.55. The van der Waals surface area contributed by atoms with Crippen LogP contribution in [0.2, 0.25) is 5.02 Å².